The van der Waals surface area contributed by atoms with E-state index in [1.807, 2.05) is 17.5 Å². The van der Waals surface area contributed by atoms with Crippen LogP contribution in [0.1, 0.15) is 0 Å². The molecule has 0 fully saturated rings. The zero-order valence-electron chi connectivity index (χ0n) is 5.20. The highest BCUT2D eigenvalue weighted by Crippen LogP contribution is 2.27. The summed E-state index contributed by atoms with van der Waals surface area (Å²) in [7, 11) is 0. The van der Waals surface area contributed by atoms with Crippen molar-refractivity contribution in [2.24, 2.45) is 0 Å². The minimum atomic E-state index is 0.973. The molecule has 1 heterocycles. The van der Waals surface area contributed by atoms with Gasteiger partial charge in [-0.3, -0.25) is 0 Å². The van der Waals surface area contributed by atoms with E-state index in [4.69, 9.17) is 12.6 Å². The highest BCUT2D eigenvalue weighted by Gasteiger charge is 1.97. The standard InChI is InChI=1S/C8H5S2/c9-7-5-10-8-4-2-1-3-6(7)8/h1-5H. The second-order valence-electron chi connectivity index (χ2n) is 2.10. The van der Waals surface area contributed by atoms with Crippen molar-refractivity contribution in [3.63, 3.8) is 0 Å². The summed E-state index contributed by atoms with van der Waals surface area (Å²) >= 11 is 6.81. The van der Waals surface area contributed by atoms with Gasteiger partial charge >= 0.3 is 0 Å². The molecule has 0 saturated carbocycles. The van der Waals surface area contributed by atoms with Crippen molar-refractivity contribution in [3.8, 4) is 0 Å². The lowest BCUT2D eigenvalue weighted by Crippen LogP contribution is -1.60. The van der Waals surface area contributed by atoms with Gasteiger partial charge in [0.1, 0.15) is 0 Å². The quantitative estimate of drug-likeness (QED) is 0.561. The molecule has 0 N–H and O–H groups in total. The van der Waals surface area contributed by atoms with Crippen molar-refractivity contribution in [1.29, 1.82) is 0 Å². The van der Waals surface area contributed by atoms with E-state index >= 15 is 0 Å². The van der Waals surface area contributed by atoms with Gasteiger partial charge in [-0.1, -0.05) is 30.8 Å². The van der Waals surface area contributed by atoms with Crippen LogP contribution >= 0.6 is 24.0 Å². The van der Waals surface area contributed by atoms with E-state index in [1.54, 1.807) is 11.3 Å². The lowest BCUT2D eigenvalue weighted by Gasteiger charge is -1.85. The highest BCUT2D eigenvalue weighted by molar-refractivity contribution is 7.80. The molecule has 49 valence electrons. The molecule has 1 radical (unpaired) electrons. The molecule has 2 aromatic rings. The summed E-state index contributed by atoms with van der Waals surface area (Å²) in [4.78, 5) is 0.973. The first kappa shape index (κ1) is 6.13. The van der Waals surface area contributed by atoms with Crippen LogP contribution in [0.25, 0.3) is 10.1 Å². The van der Waals surface area contributed by atoms with Gasteiger partial charge < -0.3 is 0 Å². The summed E-state index contributed by atoms with van der Waals surface area (Å²) in [5.41, 5.74) is 0. The Morgan fingerprint density at radius 2 is 2.00 bits per heavy atom. The smallest absolute Gasteiger partial charge is 0.0562 e. The second-order valence-corrected chi connectivity index (χ2v) is 3.45. The maximum atomic E-state index is 5.10. The van der Waals surface area contributed by atoms with Gasteiger partial charge in [-0.2, -0.15) is 0 Å². The van der Waals surface area contributed by atoms with Crippen molar-refractivity contribution < 1.29 is 0 Å². The minimum Gasteiger partial charge on any atom is -0.142 e. The van der Waals surface area contributed by atoms with Gasteiger partial charge in [0.2, 0.25) is 0 Å². The van der Waals surface area contributed by atoms with E-state index in [-0.39, 0.29) is 0 Å². The molecule has 0 saturated heterocycles. The topological polar surface area (TPSA) is 0 Å². The molecule has 0 nitrogen and oxygen atoms in total. The van der Waals surface area contributed by atoms with Crippen molar-refractivity contribution >= 4 is 34.1 Å². The fourth-order valence-corrected chi connectivity index (χ4v) is 2.16. The average molecular weight is 165 g/mol. The second kappa shape index (κ2) is 2.22. The molecule has 0 atom stereocenters. The predicted molar refractivity (Wildman–Crippen MR) is 47.7 cm³/mol. The molecule has 10 heavy (non-hydrogen) atoms. The first-order valence-electron chi connectivity index (χ1n) is 3.01. The fraction of sp³-hybridized carbons (Fsp3) is 0. The van der Waals surface area contributed by atoms with E-state index < -0.39 is 0 Å². The summed E-state index contributed by atoms with van der Waals surface area (Å²) < 4.78 is 1.28. The number of fused-ring (bicyclic) bond motifs is 1. The summed E-state index contributed by atoms with van der Waals surface area (Å²) in [5, 5.41) is 3.22. The molecule has 2 rings (SSSR count). The van der Waals surface area contributed by atoms with Crippen LogP contribution < -0.4 is 0 Å². The fourth-order valence-electron chi connectivity index (χ4n) is 0.953. The third-order valence-electron chi connectivity index (χ3n) is 1.45. The third-order valence-corrected chi connectivity index (χ3v) is 2.90. The molecule has 0 aliphatic carbocycles. The Morgan fingerprint density at radius 1 is 1.20 bits per heavy atom. The summed E-state index contributed by atoms with van der Waals surface area (Å²) in [6.45, 7) is 0. The lowest BCUT2D eigenvalue weighted by molar-refractivity contribution is 1.68. The number of hydrogen-bond acceptors (Lipinski definition) is 1. The van der Waals surface area contributed by atoms with Gasteiger partial charge in [-0.05, 0) is 6.07 Å². The Hall–Kier alpha value is -0.600. The van der Waals surface area contributed by atoms with Crippen molar-refractivity contribution in [3.05, 3.63) is 29.6 Å². The third kappa shape index (κ3) is 0.805. The van der Waals surface area contributed by atoms with Gasteiger partial charge in [0.25, 0.3) is 0 Å². The predicted octanol–water partition coefficient (Wildman–Crippen LogP) is 3.46. The van der Waals surface area contributed by atoms with E-state index in [2.05, 4.69) is 12.1 Å². The summed E-state index contributed by atoms with van der Waals surface area (Å²) in [6.07, 6.45) is 0. The lowest BCUT2D eigenvalue weighted by atomic mass is 10.3. The summed E-state index contributed by atoms with van der Waals surface area (Å²) in [6, 6.07) is 8.21. The normalized spacial score (nSPS) is 10.4. The van der Waals surface area contributed by atoms with E-state index in [9.17, 15) is 0 Å². The van der Waals surface area contributed by atoms with Crippen LogP contribution in [0.5, 0.6) is 0 Å². The Morgan fingerprint density at radius 3 is 2.80 bits per heavy atom. The Balaban J connectivity index is 2.93. The molecule has 0 aliphatic heterocycles. The Bertz CT molecular complexity index is 349. The zero-order chi connectivity index (χ0) is 6.97. The molecular weight excluding hydrogens is 160 g/mol. The summed E-state index contributed by atoms with van der Waals surface area (Å²) in [5.74, 6) is 0. The van der Waals surface area contributed by atoms with Crippen LogP contribution in [0.3, 0.4) is 0 Å². The van der Waals surface area contributed by atoms with Crippen molar-refractivity contribution in [2.75, 3.05) is 0 Å². The van der Waals surface area contributed by atoms with E-state index in [1.165, 1.54) is 10.1 Å². The zero-order valence-corrected chi connectivity index (χ0v) is 6.84. The molecular formula is C8H5S2. The molecule has 0 spiro atoms. The van der Waals surface area contributed by atoms with Gasteiger partial charge in [0.05, 0.1) is 4.90 Å². The van der Waals surface area contributed by atoms with Crippen LogP contribution in [-0.4, -0.2) is 0 Å². The number of benzene rings is 1. The maximum Gasteiger partial charge on any atom is 0.0562 e. The average Bonchev–Trinajstić information content (AvgIpc) is 2.34. The molecule has 0 amide bonds. The molecule has 0 aliphatic rings. The van der Waals surface area contributed by atoms with Crippen LogP contribution in [0.15, 0.2) is 34.5 Å². The SMILES string of the molecule is [S]c1csc2ccccc12. The molecule has 0 unspecified atom stereocenters. The van der Waals surface area contributed by atoms with Gasteiger partial charge in [-0.25, -0.2) is 0 Å². The monoisotopic (exact) mass is 165 g/mol. The van der Waals surface area contributed by atoms with Crippen LogP contribution in [0, 0.1) is 0 Å². The van der Waals surface area contributed by atoms with Crippen LogP contribution in [-0.2, 0) is 0 Å². The van der Waals surface area contributed by atoms with Gasteiger partial charge in [0, 0.05) is 15.5 Å². The van der Waals surface area contributed by atoms with Gasteiger partial charge in [-0.15, -0.1) is 11.3 Å². The molecule has 0 bridgehead atoms. The van der Waals surface area contributed by atoms with E-state index in [0.717, 1.165) is 4.90 Å². The number of rotatable bonds is 0. The Kier molecular flexibility index (Phi) is 1.36. The van der Waals surface area contributed by atoms with E-state index in [0.29, 0.717) is 0 Å². The first-order valence-corrected chi connectivity index (χ1v) is 4.30. The van der Waals surface area contributed by atoms with Crippen LogP contribution in [0.2, 0.25) is 0 Å². The largest absolute Gasteiger partial charge is 0.142 e. The minimum absolute atomic E-state index is 0.973. The first-order chi connectivity index (χ1) is 4.88. The molecule has 1 aromatic heterocycles. The highest BCUT2D eigenvalue weighted by atomic mass is 32.1. The van der Waals surface area contributed by atoms with Gasteiger partial charge in [0.15, 0.2) is 0 Å². The number of hydrogen-bond donors (Lipinski definition) is 0. The molecule has 2 heteroatoms. The Labute approximate surface area is 68.9 Å². The van der Waals surface area contributed by atoms with Crippen LogP contribution in [0.4, 0.5) is 0 Å². The molecule has 1 aromatic carbocycles. The van der Waals surface area contributed by atoms with Crippen molar-refractivity contribution in [2.45, 2.75) is 4.90 Å². The number of thiophene rings is 1. The van der Waals surface area contributed by atoms with Crippen molar-refractivity contribution in [1.82, 2.24) is 0 Å². The maximum absolute atomic E-state index is 5.10.